The Balaban J connectivity index is 2.34. The molecule has 0 unspecified atom stereocenters. The summed E-state index contributed by atoms with van der Waals surface area (Å²) in [7, 11) is 0. The van der Waals surface area contributed by atoms with Crippen LogP contribution in [0.3, 0.4) is 0 Å². The lowest BCUT2D eigenvalue weighted by atomic mass is 10.3. The lowest BCUT2D eigenvalue weighted by Gasteiger charge is -2.20. The summed E-state index contributed by atoms with van der Waals surface area (Å²) in [5.41, 5.74) is 0.926. The van der Waals surface area contributed by atoms with Gasteiger partial charge in [-0.3, -0.25) is 4.79 Å². The highest BCUT2D eigenvalue weighted by atomic mass is 16.2. The molecule has 1 amide bonds. The summed E-state index contributed by atoms with van der Waals surface area (Å²) in [5, 5.41) is 5.77. The average Bonchev–Trinajstić information content (AvgIpc) is 2.47. The van der Waals surface area contributed by atoms with E-state index >= 15 is 0 Å². The Labute approximate surface area is 85.6 Å². The van der Waals surface area contributed by atoms with Crippen LogP contribution in [0, 0.1) is 0 Å². The Morgan fingerprint density at radius 1 is 1.43 bits per heavy atom. The minimum Gasteiger partial charge on any atom is -0.302 e. The Morgan fingerprint density at radius 2 is 2.07 bits per heavy atom. The first-order valence-corrected chi connectivity index (χ1v) is 5.24. The molecule has 0 bridgehead atoms. The monoisotopic (exact) mass is 197 g/mol. The van der Waals surface area contributed by atoms with E-state index < -0.39 is 0 Å². The van der Waals surface area contributed by atoms with Crippen molar-refractivity contribution in [3.63, 3.8) is 0 Å². The van der Waals surface area contributed by atoms with Crippen molar-refractivity contribution < 1.29 is 4.79 Å². The zero-order valence-corrected chi connectivity index (χ0v) is 9.29. The highest BCUT2D eigenvalue weighted by Crippen LogP contribution is 2.07. The molecule has 0 saturated heterocycles. The summed E-state index contributed by atoms with van der Waals surface area (Å²) in [6, 6.07) is 0. The molecular weight excluding hydrogens is 178 g/mol. The lowest BCUT2D eigenvalue weighted by molar-refractivity contribution is -0.128. The molecule has 0 N–H and O–H groups in total. The SMILES string of the molecule is CCN(CC)CCN1N=C(C)CC1=O. The maximum atomic E-state index is 11.4. The van der Waals surface area contributed by atoms with Gasteiger partial charge in [0.25, 0.3) is 0 Å². The number of hydrogen-bond donors (Lipinski definition) is 0. The molecule has 1 aliphatic rings. The number of rotatable bonds is 5. The van der Waals surface area contributed by atoms with Gasteiger partial charge >= 0.3 is 0 Å². The van der Waals surface area contributed by atoms with Crippen molar-refractivity contribution in [2.24, 2.45) is 5.10 Å². The van der Waals surface area contributed by atoms with Crippen LogP contribution in [-0.4, -0.2) is 47.7 Å². The van der Waals surface area contributed by atoms with Crippen LogP contribution in [0.2, 0.25) is 0 Å². The fourth-order valence-electron chi connectivity index (χ4n) is 1.56. The van der Waals surface area contributed by atoms with Crippen molar-refractivity contribution >= 4 is 11.6 Å². The van der Waals surface area contributed by atoms with E-state index in [2.05, 4.69) is 23.8 Å². The van der Waals surface area contributed by atoms with Gasteiger partial charge in [0, 0.05) is 12.3 Å². The van der Waals surface area contributed by atoms with Crippen molar-refractivity contribution in [1.29, 1.82) is 0 Å². The van der Waals surface area contributed by atoms with E-state index in [4.69, 9.17) is 0 Å². The zero-order chi connectivity index (χ0) is 10.6. The number of carbonyl (C=O) groups is 1. The Kier molecular flexibility index (Phi) is 4.07. The van der Waals surface area contributed by atoms with Crippen LogP contribution >= 0.6 is 0 Å². The second kappa shape index (κ2) is 5.10. The van der Waals surface area contributed by atoms with Gasteiger partial charge in [-0.05, 0) is 20.0 Å². The molecule has 1 heterocycles. The Morgan fingerprint density at radius 3 is 2.50 bits per heavy atom. The molecule has 0 aromatic rings. The molecule has 0 radical (unpaired) electrons. The zero-order valence-electron chi connectivity index (χ0n) is 9.29. The fraction of sp³-hybridized carbons (Fsp3) is 0.800. The van der Waals surface area contributed by atoms with Crippen LogP contribution in [0.5, 0.6) is 0 Å². The molecule has 80 valence electrons. The van der Waals surface area contributed by atoms with Crippen molar-refractivity contribution in [2.45, 2.75) is 27.2 Å². The van der Waals surface area contributed by atoms with Crippen molar-refractivity contribution in [3.05, 3.63) is 0 Å². The van der Waals surface area contributed by atoms with Gasteiger partial charge in [-0.2, -0.15) is 5.10 Å². The minimum atomic E-state index is 0.134. The number of likely N-dealkylation sites (N-methyl/N-ethyl adjacent to an activating group) is 1. The summed E-state index contributed by atoms with van der Waals surface area (Å²) in [5.74, 6) is 0.134. The molecule has 1 aliphatic heterocycles. The molecule has 14 heavy (non-hydrogen) atoms. The van der Waals surface area contributed by atoms with Gasteiger partial charge in [-0.15, -0.1) is 0 Å². The van der Waals surface area contributed by atoms with Crippen molar-refractivity contribution in [3.8, 4) is 0 Å². The maximum Gasteiger partial charge on any atom is 0.248 e. The summed E-state index contributed by atoms with van der Waals surface area (Å²) < 4.78 is 0. The highest BCUT2D eigenvalue weighted by molar-refractivity contribution is 6.03. The summed E-state index contributed by atoms with van der Waals surface area (Å²) in [6.45, 7) is 9.85. The predicted octanol–water partition coefficient (Wildman–Crippen LogP) is 0.936. The number of carbonyl (C=O) groups excluding carboxylic acids is 1. The fourth-order valence-corrected chi connectivity index (χ4v) is 1.56. The topological polar surface area (TPSA) is 35.9 Å². The van der Waals surface area contributed by atoms with Gasteiger partial charge in [0.15, 0.2) is 0 Å². The number of nitrogens with zero attached hydrogens (tertiary/aromatic N) is 3. The van der Waals surface area contributed by atoms with E-state index in [9.17, 15) is 4.79 Å². The molecule has 4 heteroatoms. The Hall–Kier alpha value is -0.900. The molecule has 0 saturated carbocycles. The van der Waals surface area contributed by atoms with Gasteiger partial charge in [0.05, 0.1) is 13.0 Å². The molecule has 1 rings (SSSR count). The first-order valence-electron chi connectivity index (χ1n) is 5.24. The van der Waals surface area contributed by atoms with Gasteiger partial charge < -0.3 is 4.90 Å². The molecule has 0 aromatic carbocycles. The molecule has 0 spiro atoms. The third kappa shape index (κ3) is 2.80. The highest BCUT2D eigenvalue weighted by Gasteiger charge is 2.20. The Bertz CT molecular complexity index is 234. The van der Waals surface area contributed by atoms with Crippen LogP contribution in [0.4, 0.5) is 0 Å². The molecular formula is C10H19N3O. The molecule has 4 nitrogen and oxygen atoms in total. The van der Waals surface area contributed by atoms with Gasteiger partial charge in [0.2, 0.25) is 5.91 Å². The van der Waals surface area contributed by atoms with E-state index in [1.165, 1.54) is 0 Å². The quantitative estimate of drug-likeness (QED) is 0.657. The predicted molar refractivity (Wildman–Crippen MR) is 57.2 cm³/mol. The lowest BCUT2D eigenvalue weighted by Crippen LogP contribution is -2.33. The first-order chi connectivity index (χ1) is 6.67. The van der Waals surface area contributed by atoms with Gasteiger partial charge in [-0.25, -0.2) is 5.01 Å². The van der Waals surface area contributed by atoms with Gasteiger partial charge in [0.1, 0.15) is 0 Å². The minimum absolute atomic E-state index is 0.134. The standard InChI is InChI=1S/C10H19N3O/c1-4-12(5-2)6-7-13-10(14)8-9(3)11-13/h4-8H2,1-3H3. The van der Waals surface area contributed by atoms with Crippen LogP contribution in [0.15, 0.2) is 5.10 Å². The summed E-state index contributed by atoms with van der Waals surface area (Å²) in [4.78, 5) is 13.7. The van der Waals surface area contributed by atoms with E-state index in [1.54, 1.807) is 5.01 Å². The second-order valence-electron chi connectivity index (χ2n) is 3.56. The average molecular weight is 197 g/mol. The molecule has 0 aromatic heterocycles. The van der Waals surface area contributed by atoms with E-state index in [0.717, 1.165) is 31.9 Å². The third-order valence-corrected chi connectivity index (χ3v) is 2.51. The van der Waals surface area contributed by atoms with Crippen LogP contribution < -0.4 is 0 Å². The van der Waals surface area contributed by atoms with E-state index in [-0.39, 0.29) is 5.91 Å². The third-order valence-electron chi connectivity index (χ3n) is 2.51. The van der Waals surface area contributed by atoms with Crippen LogP contribution in [0.25, 0.3) is 0 Å². The number of hydrogen-bond acceptors (Lipinski definition) is 3. The van der Waals surface area contributed by atoms with Gasteiger partial charge in [-0.1, -0.05) is 13.8 Å². The van der Waals surface area contributed by atoms with Crippen LogP contribution in [0.1, 0.15) is 27.2 Å². The van der Waals surface area contributed by atoms with Crippen molar-refractivity contribution in [2.75, 3.05) is 26.2 Å². The van der Waals surface area contributed by atoms with E-state index in [0.29, 0.717) is 6.42 Å². The molecule has 0 aliphatic carbocycles. The molecule has 0 atom stereocenters. The summed E-state index contributed by atoms with van der Waals surface area (Å²) in [6.07, 6.45) is 0.498. The second-order valence-corrected chi connectivity index (χ2v) is 3.56. The number of hydrazone groups is 1. The van der Waals surface area contributed by atoms with Crippen molar-refractivity contribution in [1.82, 2.24) is 9.91 Å². The maximum absolute atomic E-state index is 11.4. The van der Waals surface area contributed by atoms with Crippen LogP contribution in [-0.2, 0) is 4.79 Å². The largest absolute Gasteiger partial charge is 0.302 e. The number of amides is 1. The smallest absolute Gasteiger partial charge is 0.248 e. The molecule has 0 fully saturated rings. The van der Waals surface area contributed by atoms with E-state index in [1.807, 2.05) is 6.92 Å². The first kappa shape index (κ1) is 11.2. The normalized spacial score (nSPS) is 16.7. The summed E-state index contributed by atoms with van der Waals surface area (Å²) >= 11 is 0.